The minimum absolute atomic E-state index is 0.0273. The molecule has 1 N–H and O–H groups in total. The van der Waals surface area contributed by atoms with Crippen LogP contribution in [0.4, 0.5) is 19.0 Å². The predicted molar refractivity (Wildman–Crippen MR) is 75.5 cm³/mol. The standard InChI is InChI=1S/C14H18ClF3N2O/c1-4-21-11-6-10(13(11,2)3)20-12-9(15)5-8(7-19-12)14(16,17)18/h5,7,10-11H,4,6H2,1-3H3,(H,19,20). The number of nitrogens with one attached hydrogen (secondary N) is 1. The molecule has 2 rings (SSSR count). The van der Waals surface area contributed by atoms with Gasteiger partial charge in [0.05, 0.1) is 16.7 Å². The summed E-state index contributed by atoms with van der Waals surface area (Å²) in [6.07, 6.45) is -2.74. The number of aromatic nitrogens is 1. The Morgan fingerprint density at radius 1 is 1.48 bits per heavy atom. The summed E-state index contributed by atoms with van der Waals surface area (Å²) >= 11 is 5.89. The molecule has 1 aliphatic rings. The highest BCUT2D eigenvalue weighted by Gasteiger charge is 2.49. The normalized spacial score (nSPS) is 24.5. The smallest absolute Gasteiger partial charge is 0.378 e. The number of alkyl halides is 3. The lowest BCUT2D eigenvalue weighted by Crippen LogP contribution is -2.58. The average molecular weight is 323 g/mol. The zero-order chi connectivity index (χ0) is 15.8. The third-order valence-electron chi connectivity index (χ3n) is 4.03. The van der Waals surface area contributed by atoms with Gasteiger partial charge in [-0.25, -0.2) is 4.98 Å². The molecule has 7 heteroatoms. The van der Waals surface area contributed by atoms with Crippen LogP contribution in [0.5, 0.6) is 0 Å². The first kappa shape index (κ1) is 16.4. The van der Waals surface area contributed by atoms with Gasteiger partial charge < -0.3 is 10.1 Å². The second-order valence-electron chi connectivity index (χ2n) is 5.75. The van der Waals surface area contributed by atoms with Crippen molar-refractivity contribution < 1.29 is 17.9 Å². The fourth-order valence-corrected chi connectivity index (χ4v) is 2.70. The van der Waals surface area contributed by atoms with Crippen molar-refractivity contribution in [3.8, 4) is 0 Å². The summed E-state index contributed by atoms with van der Waals surface area (Å²) in [6.45, 7) is 6.67. The topological polar surface area (TPSA) is 34.1 Å². The van der Waals surface area contributed by atoms with Crippen molar-refractivity contribution in [3.63, 3.8) is 0 Å². The number of anilines is 1. The van der Waals surface area contributed by atoms with Crippen LogP contribution in [0.1, 0.15) is 32.8 Å². The second-order valence-corrected chi connectivity index (χ2v) is 6.16. The van der Waals surface area contributed by atoms with E-state index >= 15 is 0 Å². The third-order valence-corrected chi connectivity index (χ3v) is 4.31. The van der Waals surface area contributed by atoms with Crippen LogP contribution < -0.4 is 5.32 Å². The summed E-state index contributed by atoms with van der Waals surface area (Å²) in [5.41, 5.74) is -0.970. The minimum atomic E-state index is -4.44. The molecule has 0 aliphatic heterocycles. The van der Waals surface area contributed by atoms with E-state index in [0.717, 1.165) is 18.7 Å². The Balaban J connectivity index is 2.08. The molecule has 1 saturated carbocycles. The molecule has 1 heterocycles. The van der Waals surface area contributed by atoms with E-state index in [1.54, 1.807) is 0 Å². The molecule has 1 aromatic heterocycles. The number of pyridine rings is 1. The molecule has 0 spiro atoms. The fourth-order valence-electron chi connectivity index (χ4n) is 2.48. The third kappa shape index (κ3) is 3.26. The van der Waals surface area contributed by atoms with Crippen LogP contribution in [0.25, 0.3) is 0 Å². The summed E-state index contributed by atoms with van der Waals surface area (Å²) in [7, 11) is 0. The van der Waals surface area contributed by atoms with Crippen LogP contribution in [-0.4, -0.2) is 23.7 Å². The highest BCUT2D eigenvalue weighted by molar-refractivity contribution is 6.33. The van der Waals surface area contributed by atoms with E-state index < -0.39 is 11.7 Å². The maximum absolute atomic E-state index is 12.6. The number of rotatable bonds is 4. The molecule has 21 heavy (non-hydrogen) atoms. The van der Waals surface area contributed by atoms with Crippen LogP contribution in [0.2, 0.25) is 5.02 Å². The first-order valence-corrected chi connectivity index (χ1v) is 7.15. The number of hydrogen-bond acceptors (Lipinski definition) is 3. The molecular weight excluding hydrogens is 305 g/mol. The van der Waals surface area contributed by atoms with Crippen molar-refractivity contribution in [3.05, 3.63) is 22.8 Å². The van der Waals surface area contributed by atoms with Crippen molar-refractivity contribution in [2.75, 3.05) is 11.9 Å². The van der Waals surface area contributed by atoms with E-state index in [-0.39, 0.29) is 28.4 Å². The van der Waals surface area contributed by atoms with Gasteiger partial charge in [-0.1, -0.05) is 25.4 Å². The fraction of sp³-hybridized carbons (Fsp3) is 0.643. The Bertz CT molecular complexity index is 519. The zero-order valence-electron chi connectivity index (χ0n) is 12.1. The maximum Gasteiger partial charge on any atom is 0.417 e. The van der Waals surface area contributed by atoms with Crippen LogP contribution in [-0.2, 0) is 10.9 Å². The molecule has 1 aliphatic carbocycles. The van der Waals surface area contributed by atoms with E-state index in [1.807, 2.05) is 20.8 Å². The van der Waals surface area contributed by atoms with Crippen molar-refractivity contribution >= 4 is 17.4 Å². The van der Waals surface area contributed by atoms with Crippen LogP contribution >= 0.6 is 11.6 Å². The van der Waals surface area contributed by atoms with Crippen LogP contribution in [0, 0.1) is 5.41 Å². The van der Waals surface area contributed by atoms with Gasteiger partial charge in [0.25, 0.3) is 0 Å². The molecule has 2 unspecified atom stereocenters. The highest BCUT2D eigenvalue weighted by atomic mass is 35.5. The molecule has 0 bridgehead atoms. The summed E-state index contributed by atoms with van der Waals surface area (Å²) in [4.78, 5) is 3.80. The Kier molecular flexibility index (Phi) is 4.40. The van der Waals surface area contributed by atoms with Crippen molar-refractivity contribution in [2.24, 2.45) is 5.41 Å². The number of hydrogen-bond donors (Lipinski definition) is 1. The second kappa shape index (κ2) is 5.65. The van der Waals surface area contributed by atoms with Crippen LogP contribution in [0.3, 0.4) is 0 Å². The summed E-state index contributed by atoms with van der Waals surface area (Å²) in [6, 6.07) is 0.957. The lowest BCUT2D eigenvalue weighted by Gasteiger charge is -2.51. The summed E-state index contributed by atoms with van der Waals surface area (Å²) in [5, 5.41) is 3.09. The van der Waals surface area contributed by atoms with Gasteiger partial charge in [0, 0.05) is 24.3 Å². The molecule has 0 amide bonds. The van der Waals surface area contributed by atoms with Gasteiger partial charge in [0.1, 0.15) is 5.82 Å². The molecule has 2 atom stereocenters. The molecule has 0 aromatic carbocycles. The largest absolute Gasteiger partial charge is 0.417 e. The van der Waals surface area contributed by atoms with E-state index in [2.05, 4.69) is 10.3 Å². The highest BCUT2D eigenvalue weighted by Crippen LogP contribution is 2.45. The average Bonchev–Trinajstić information content (AvgIpc) is 2.38. The van der Waals surface area contributed by atoms with E-state index in [0.29, 0.717) is 6.61 Å². The van der Waals surface area contributed by atoms with E-state index in [4.69, 9.17) is 16.3 Å². The van der Waals surface area contributed by atoms with Crippen molar-refractivity contribution in [1.82, 2.24) is 4.98 Å². The van der Waals surface area contributed by atoms with E-state index in [1.165, 1.54) is 0 Å². The van der Waals surface area contributed by atoms with Gasteiger partial charge in [0.15, 0.2) is 0 Å². The van der Waals surface area contributed by atoms with Gasteiger partial charge in [-0.3, -0.25) is 0 Å². The number of halogens is 4. The van der Waals surface area contributed by atoms with Crippen molar-refractivity contribution in [2.45, 2.75) is 45.5 Å². The molecule has 3 nitrogen and oxygen atoms in total. The number of nitrogens with zero attached hydrogens (tertiary/aromatic N) is 1. The van der Waals surface area contributed by atoms with Gasteiger partial charge >= 0.3 is 6.18 Å². The Labute approximate surface area is 126 Å². The molecular formula is C14H18ClF3N2O. The Morgan fingerprint density at radius 2 is 2.14 bits per heavy atom. The molecule has 1 aromatic rings. The zero-order valence-corrected chi connectivity index (χ0v) is 12.8. The molecule has 0 radical (unpaired) electrons. The van der Waals surface area contributed by atoms with Crippen molar-refractivity contribution in [1.29, 1.82) is 0 Å². The predicted octanol–water partition coefficient (Wildman–Crippen LogP) is 4.37. The lowest BCUT2D eigenvalue weighted by molar-refractivity contribution is -0.137. The lowest BCUT2D eigenvalue weighted by atomic mass is 9.64. The van der Waals surface area contributed by atoms with Gasteiger partial charge in [0.2, 0.25) is 0 Å². The molecule has 1 fully saturated rings. The SMILES string of the molecule is CCOC1CC(Nc2ncc(C(F)(F)F)cc2Cl)C1(C)C. The number of ether oxygens (including phenoxy) is 1. The van der Waals surface area contributed by atoms with Gasteiger partial charge in [-0.15, -0.1) is 0 Å². The first-order chi connectivity index (χ1) is 9.66. The van der Waals surface area contributed by atoms with Gasteiger partial charge in [-0.2, -0.15) is 13.2 Å². The van der Waals surface area contributed by atoms with E-state index in [9.17, 15) is 13.2 Å². The summed E-state index contributed by atoms with van der Waals surface area (Å²) in [5.74, 6) is 0.276. The maximum atomic E-state index is 12.6. The molecule has 118 valence electrons. The monoisotopic (exact) mass is 322 g/mol. The Hall–Kier alpha value is -1.01. The Morgan fingerprint density at radius 3 is 2.62 bits per heavy atom. The first-order valence-electron chi connectivity index (χ1n) is 6.77. The molecule has 0 saturated heterocycles. The quantitative estimate of drug-likeness (QED) is 0.893. The minimum Gasteiger partial charge on any atom is -0.378 e. The van der Waals surface area contributed by atoms with Gasteiger partial charge in [-0.05, 0) is 19.4 Å². The van der Waals surface area contributed by atoms with Crippen LogP contribution in [0.15, 0.2) is 12.3 Å². The summed E-state index contributed by atoms with van der Waals surface area (Å²) < 4.78 is 43.3.